The van der Waals surface area contributed by atoms with Gasteiger partial charge < -0.3 is 20.3 Å². The van der Waals surface area contributed by atoms with Crippen LogP contribution in [0, 0.1) is 6.92 Å². The highest BCUT2D eigenvalue weighted by Gasteiger charge is 2.21. The predicted molar refractivity (Wildman–Crippen MR) is 76.6 cm³/mol. The van der Waals surface area contributed by atoms with Crippen molar-refractivity contribution in [3.63, 3.8) is 0 Å². The van der Waals surface area contributed by atoms with Gasteiger partial charge in [-0.2, -0.15) is 5.10 Å². The molecule has 2 heterocycles. The summed E-state index contributed by atoms with van der Waals surface area (Å²) in [6.45, 7) is 1.85. The molecule has 8 heteroatoms. The molecule has 2 aromatic heterocycles. The minimum atomic E-state index is -1.09. The van der Waals surface area contributed by atoms with E-state index in [2.05, 4.69) is 15.4 Å². The predicted octanol–water partition coefficient (Wildman–Crippen LogP) is 0.394. The van der Waals surface area contributed by atoms with Crippen LogP contribution >= 0.6 is 0 Å². The van der Waals surface area contributed by atoms with Gasteiger partial charge in [0, 0.05) is 20.4 Å². The first kappa shape index (κ1) is 15.2. The number of carbonyl (C=O) groups is 1. The molecule has 8 nitrogen and oxygen atoms in total. The van der Waals surface area contributed by atoms with Crippen LogP contribution in [0.1, 0.15) is 16.1 Å². The molecule has 2 rings (SSSR count). The second-order valence-corrected chi connectivity index (χ2v) is 4.74. The summed E-state index contributed by atoms with van der Waals surface area (Å²) in [5, 5.41) is 26.6. The molecule has 0 saturated carbocycles. The van der Waals surface area contributed by atoms with Gasteiger partial charge in [0.2, 0.25) is 0 Å². The largest absolute Gasteiger partial charge is 0.478 e. The standard InChI is InChI=1S/C13H18N4O4/c1-7-10-11(15-8(5-18)6-21-3)9(13(19)20)4-14-12(10)17(2)16-7/h4,8,18H,5-6H2,1-3H3,(H,14,15)(H,19,20). The Morgan fingerprint density at radius 2 is 2.29 bits per heavy atom. The maximum Gasteiger partial charge on any atom is 0.339 e. The number of aliphatic hydroxyl groups is 1. The molecule has 1 unspecified atom stereocenters. The molecule has 21 heavy (non-hydrogen) atoms. The summed E-state index contributed by atoms with van der Waals surface area (Å²) >= 11 is 0. The Balaban J connectivity index is 2.61. The van der Waals surface area contributed by atoms with Crippen molar-refractivity contribution in [2.75, 3.05) is 25.6 Å². The fourth-order valence-electron chi connectivity index (χ4n) is 2.27. The SMILES string of the molecule is COCC(CO)Nc1c(C(=O)O)cnc2c1c(C)nn2C. The molecule has 0 aliphatic heterocycles. The molecular weight excluding hydrogens is 276 g/mol. The number of pyridine rings is 1. The highest BCUT2D eigenvalue weighted by Crippen LogP contribution is 2.29. The third-order valence-electron chi connectivity index (χ3n) is 3.19. The Morgan fingerprint density at radius 1 is 1.57 bits per heavy atom. The lowest BCUT2D eigenvalue weighted by Gasteiger charge is -2.19. The average Bonchev–Trinajstić information content (AvgIpc) is 2.73. The number of aromatic carboxylic acids is 1. The number of methoxy groups -OCH3 is 1. The van der Waals surface area contributed by atoms with Gasteiger partial charge in [-0.05, 0) is 6.92 Å². The van der Waals surface area contributed by atoms with Crippen molar-refractivity contribution in [1.29, 1.82) is 0 Å². The Morgan fingerprint density at radius 3 is 2.86 bits per heavy atom. The van der Waals surface area contributed by atoms with Crippen molar-refractivity contribution in [3.05, 3.63) is 17.5 Å². The summed E-state index contributed by atoms with van der Waals surface area (Å²) < 4.78 is 6.60. The fraction of sp³-hybridized carbons (Fsp3) is 0.462. The smallest absolute Gasteiger partial charge is 0.339 e. The first-order valence-corrected chi connectivity index (χ1v) is 6.41. The van der Waals surface area contributed by atoms with Crippen molar-refractivity contribution in [2.24, 2.45) is 7.05 Å². The molecule has 1 atom stereocenters. The van der Waals surface area contributed by atoms with E-state index >= 15 is 0 Å². The lowest BCUT2D eigenvalue weighted by atomic mass is 10.1. The molecule has 0 bridgehead atoms. The highest BCUT2D eigenvalue weighted by molar-refractivity contribution is 6.04. The molecule has 3 N–H and O–H groups in total. The first-order valence-electron chi connectivity index (χ1n) is 6.41. The van der Waals surface area contributed by atoms with Gasteiger partial charge in [0.1, 0.15) is 5.56 Å². The van der Waals surface area contributed by atoms with E-state index in [1.54, 1.807) is 18.7 Å². The number of carboxylic acid groups (broad SMARTS) is 1. The number of rotatable bonds is 6. The number of hydrogen-bond donors (Lipinski definition) is 3. The maximum atomic E-state index is 11.4. The van der Waals surface area contributed by atoms with E-state index in [1.807, 2.05) is 0 Å². The summed E-state index contributed by atoms with van der Waals surface area (Å²) in [5.41, 5.74) is 1.68. The normalized spacial score (nSPS) is 12.6. The van der Waals surface area contributed by atoms with Crippen LogP contribution in [0.3, 0.4) is 0 Å². The van der Waals surface area contributed by atoms with Gasteiger partial charge in [0.25, 0.3) is 0 Å². The summed E-state index contributed by atoms with van der Waals surface area (Å²) in [6.07, 6.45) is 1.29. The molecule has 0 aromatic carbocycles. The minimum Gasteiger partial charge on any atom is -0.478 e. The first-order chi connectivity index (χ1) is 9.99. The number of anilines is 1. The maximum absolute atomic E-state index is 11.4. The van der Waals surface area contributed by atoms with Gasteiger partial charge in [-0.25, -0.2) is 9.78 Å². The number of hydrogen-bond acceptors (Lipinski definition) is 6. The fourth-order valence-corrected chi connectivity index (χ4v) is 2.27. The van der Waals surface area contributed by atoms with E-state index in [-0.39, 0.29) is 18.8 Å². The van der Waals surface area contributed by atoms with Crippen LogP contribution in [0.5, 0.6) is 0 Å². The van der Waals surface area contributed by atoms with Gasteiger partial charge >= 0.3 is 5.97 Å². The van der Waals surface area contributed by atoms with Crippen molar-refractivity contribution in [1.82, 2.24) is 14.8 Å². The van der Waals surface area contributed by atoms with Gasteiger partial charge in [-0.15, -0.1) is 0 Å². The van der Waals surface area contributed by atoms with Gasteiger partial charge in [0.05, 0.1) is 36.0 Å². The van der Waals surface area contributed by atoms with Crippen molar-refractivity contribution >= 4 is 22.7 Å². The lowest BCUT2D eigenvalue weighted by Crippen LogP contribution is -2.29. The van der Waals surface area contributed by atoms with Crippen molar-refractivity contribution < 1.29 is 19.7 Å². The van der Waals surface area contributed by atoms with Gasteiger partial charge in [-0.3, -0.25) is 4.68 Å². The molecule has 0 fully saturated rings. The van der Waals surface area contributed by atoms with Crippen molar-refractivity contribution in [3.8, 4) is 0 Å². The monoisotopic (exact) mass is 294 g/mol. The number of fused-ring (bicyclic) bond motifs is 1. The zero-order valence-electron chi connectivity index (χ0n) is 12.1. The van der Waals surface area contributed by atoms with Crippen LogP contribution < -0.4 is 5.32 Å². The number of aromatic nitrogens is 3. The van der Waals surface area contributed by atoms with Crippen LogP contribution in [0.4, 0.5) is 5.69 Å². The van der Waals surface area contributed by atoms with E-state index in [0.717, 1.165) is 0 Å². The Labute approximate surface area is 121 Å². The third-order valence-corrected chi connectivity index (χ3v) is 3.19. The Hall–Kier alpha value is -2.19. The molecule has 0 spiro atoms. The van der Waals surface area contributed by atoms with E-state index < -0.39 is 12.0 Å². The van der Waals surface area contributed by atoms with E-state index in [0.29, 0.717) is 22.4 Å². The topological polar surface area (TPSA) is 110 Å². The number of ether oxygens (including phenoxy) is 1. The molecule has 0 amide bonds. The Bertz CT molecular complexity index is 668. The zero-order valence-corrected chi connectivity index (χ0v) is 12.1. The molecule has 2 aromatic rings. The van der Waals surface area contributed by atoms with Gasteiger partial charge in [0.15, 0.2) is 5.65 Å². The second kappa shape index (κ2) is 6.06. The van der Waals surface area contributed by atoms with Crippen molar-refractivity contribution in [2.45, 2.75) is 13.0 Å². The van der Waals surface area contributed by atoms with E-state index in [4.69, 9.17) is 4.74 Å². The van der Waals surface area contributed by atoms with Crippen LogP contribution in [0.25, 0.3) is 11.0 Å². The second-order valence-electron chi connectivity index (χ2n) is 4.74. The minimum absolute atomic E-state index is 0.0353. The summed E-state index contributed by atoms with van der Waals surface area (Å²) in [7, 11) is 3.26. The van der Waals surface area contributed by atoms with Crippen LogP contribution in [0.2, 0.25) is 0 Å². The quantitative estimate of drug-likeness (QED) is 0.707. The molecule has 0 radical (unpaired) electrons. The van der Waals surface area contributed by atoms with E-state index in [1.165, 1.54) is 13.3 Å². The average molecular weight is 294 g/mol. The lowest BCUT2D eigenvalue weighted by molar-refractivity contribution is 0.0697. The zero-order chi connectivity index (χ0) is 15.6. The van der Waals surface area contributed by atoms with Crippen LogP contribution in [0.15, 0.2) is 6.20 Å². The molecule has 0 aliphatic carbocycles. The Kier molecular flexibility index (Phi) is 4.39. The summed E-state index contributed by atoms with van der Waals surface area (Å²) in [4.78, 5) is 15.6. The van der Waals surface area contributed by atoms with Crippen LogP contribution in [-0.2, 0) is 11.8 Å². The summed E-state index contributed by atoms with van der Waals surface area (Å²) in [6, 6.07) is -0.418. The molecule has 0 aliphatic rings. The highest BCUT2D eigenvalue weighted by atomic mass is 16.5. The summed E-state index contributed by atoms with van der Waals surface area (Å²) in [5.74, 6) is -1.09. The molecule has 0 saturated heterocycles. The number of aliphatic hydroxyl groups excluding tert-OH is 1. The van der Waals surface area contributed by atoms with Crippen LogP contribution in [-0.4, -0.2) is 57.3 Å². The van der Waals surface area contributed by atoms with E-state index in [9.17, 15) is 15.0 Å². The number of aryl methyl sites for hydroxylation is 2. The number of nitrogens with zero attached hydrogens (tertiary/aromatic N) is 3. The molecular formula is C13H18N4O4. The number of carboxylic acids is 1. The molecule has 114 valence electrons. The number of nitrogens with one attached hydrogen (secondary N) is 1. The van der Waals surface area contributed by atoms with Gasteiger partial charge in [-0.1, -0.05) is 0 Å². The third kappa shape index (κ3) is 2.81.